The summed E-state index contributed by atoms with van der Waals surface area (Å²) < 4.78 is 10.9. The molecule has 6 heteroatoms. The number of non-ortho nitro benzene ring substituents is 1. The molecule has 0 aromatic heterocycles. The first-order valence-corrected chi connectivity index (χ1v) is 15.3. The second-order valence-corrected chi connectivity index (χ2v) is 13.0. The Balaban J connectivity index is 1.37. The van der Waals surface area contributed by atoms with Crippen LogP contribution in [0.5, 0.6) is 5.75 Å². The molecule has 0 amide bonds. The van der Waals surface area contributed by atoms with E-state index in [2.05, 4.69) is 46.4 Å². The van der Waals surface area contributed by atoms with Crippen molar-refractivity contribution in [1.82, 2.24) is 0 Å². The van der Waals surface area contributed by atoms with E-state index in [-0.39, 0.29) is 17.5 Å². The second kappa shape index (κ2) is 13.2. The number of hydrogen-bond donors (Lipinski definition) is 0. The molecule has 218 valence electrons. The van der Waals surface area contributed by atoms with Gasteiger partial charge in [0.15, 0.2) is 0 Å². The van der Waals surface area contributed by atoms with E-state index < -0.39 is 11.1 Å². The van der Waals surface area contributed by atoms with Gasteiger partial charge in [-0.25, -0.2) is 4.79 Å². The lowest BCUT2D eigenvalue weighted by Gasteiger charge is -2.44. The first kappa shape index (κ1) is 30.1. The van der Waals surface area contributed by atoms with Crippen LogP contribution < -0.4 is 4.74 Å². The molecule has 3 aliphatic rings. The van der Waals surface area contributed by atoms with Crippen LogP contribution in [-0.2, 0) is 4.74 Å². The third-order valence-corrected chi connectivity index (χ3v) is 9.85. The quantitative estimate of drug-likeness (QED) is 0.133. The van der Waals surface area contributed by atoms with E-state index in [9.17, 15) is 14.9 Å². The van der Waals surface area contributed by atoms with Crippen LogP contribution in [0.25, 0.3) is 0 Å². The Labute approximate surface area is 240 Å². The fraction of sp³-hybridized carbons (Fsp3) is 0.618. The van der Waals surface area contributed by atoms with Crippen LogP contribution in [-0.4, -0.2) is 17.2 Å². The Morgan fingerprint density at radius 3 is 2.58 bits per heavy atom. The smallest absolute Gasteiger partial charge is 0.430 e. The van der Waals surface area contributed by atoms with Crippen molar-refractivity contribution < 1.29 is 19.2 Å². The zero-order valence-corrected chi connectivity index (χ0v) is 24.8. The summed E-state index contributed by atoms with van der Waals surface area (Å²) in [5, 5.41) is 10.8. The molecule has 2 unspecified atom stereocenters. The molecule has 0 radical (unpaired) electrons. The predicted molar refractivity (Wildman–Crippen MR) is 159 cm³/mol. The highest BCUT2D eigenvalue weighted by Crippen LogP contribution is 2.60. The van der Waals surface area contributed by atoms with Crippen LogP contribution in [0.3, 0.4) is 0 Å². The number of carbonyl (C=O) groups excluding carboxylic acids is 1. The van der Waals surface area contributed by atoms with Crippen molar-refractivity contribution in [1.29, 1.82) is 0 Å². The number of nitro groups is 1. The van der Waals surface area contributed by atoms with Crippen molar-refractivity contribution >= 4 is 11.8 Å². The van der Waals surface area contributed by atoms with Crippen molar-refractivity contribution in [3.05, 3.63) is 69.8 Å². The molecule has 4 rings (SSSR count). The van der Waals surface area contributed by atoms with E-state index in [4.69, 9.17) is 9.47 Å². The lowest BCUT2D eigenvalue weighted by molar-refractivity contribution is -0.384. The fourth-order valence-corrected chi connectivity index (χ4v) is 7.64. The topological polar surface area (TPSA) is 78.7 Å². The van der Waals surface area contributed by atoms with Gasteiger partial charge in [-0.2, -0.15) is 0 Å². The van der Waals surface area contributed by atoms with E-state index in [1.54, 1.807) is 5.57 Å². The lowest BCUT2D eigenvalue weighted by Crippen LogP contribution is -2.36. The van der Waals surface area contributed by atoms with Crippen LogP contribution in [0.2, 0.25) is 0 Å². The summed E-state index contributed by atoms with van der Waals surface area (Å²) in [6.45, 7) is 14.0. The zero-order chi connectivity index (χ0) is 28.9. The zero-order valence-electron chi connectivity index (χ0n) is 24.8. The van der Waals surface area contributed by atoms with E-state index >= 15 is 0 Å². The molecule has 3 fully saturated rings. The fourth-order valence-electron chi connectivity index (χ4n) is 7.64. The molecule has 1 aromatic carbocycles. The van der Waals surface area contributed by atoms with Gasteiger partial charge < -0.3 is 9.47 Å². The Morgan fingerprint density at radius 2 is 1.88 bits per heavy atom. The Hall–Kier alpha value is -2.89. The summed E-state index contributed by atoms with van der Waals surface area (Å²) in [5.74, 6) is 3.27. The molecule has 5 atom stereocenters. The highest BCUT2D eigenvalue weighted by molar-refractivity contribution is 5.64. The largest absolute Gasteiger partial charge is 0.514 e. The summed E-state index contributed by atoms with van der Waals surface area (Å²) in [5.41, 5.74) is 4.19. The summed E-state index contributed by atoms with van der Waals surface area (Å²) in [6.07, 6.45) is 16.1. The van der Waals surface area contributed by atoms with Gasteiger partial charge in [-0.05, 0) is 91.7 Å². The highest BCUT2D eigenvalue weighted by Gasteiger charge is 2.50. The molecule has 1 aromatic rings. The predicted octanol–water partition coefficient (Wildman–Crippen LogP) is 9.75. The minimum Gasteiger partial charge on any atom is -0.430 e. The van der Waals surface area contributed by atoms with Gasteiger partial charge in [-0.3, -0.25) is 10.1 Å². The van der Waals surface area contributed by atoms with Crippen molar-refractivity contribution in [2.24, 2.45) is 29.1 Å². The molecular formula is C34H47NO5. The molecule has 6 nitrogen and oxygen atoms in total. The summed E-state index contributed by atoms with van der Waals surface area (Å²) in [4.78, 5) is 22.7. The SMILES string of the molecule is C=C1CC[C@H](OC(=O)Oc2ccc([N+](=O)[O-])cc2)C/C1=C/C=C1\CCC[C@]2(C)C(C(C)CCCC(C)C)CC[C@@H]12. The third-order valence-electron chi connectivity index (χ3n) is 9.85. The Morgan fingerprint density at radius 1 is 1.12 bits per heavy atom. The van der Waals surface area contributed by atoms with Gasteiger partial charge in [0.25, 0.3) is 5.69 Å². The molecule has 3 saturated carbocycles. The van der Waals surface area contributed by atoms with Gasteiger partial charge in [0.2, 0.25) is 0 Å². The van der Waals surface area contributed by atoms with Crippen molar-refractivity contribution in [2.75, 3.05) is 0 Å². The monoisotopic (exact) mass is 549 g/mol. The van der Waals surface area contributed by atoms with Crippen LogP contribution in [0, 0.1) is 39.2 Å². The highest BCUT2D eigenvalue weighted by atomic mass is 16.7. The van der Waals surface area contributed by atoms with E-state index in [0.717, 1.165) is 35.3 Å². The standard InChI is InChI=1S/C34H47NO5/c1-23(2)8-6-9-25(4)31-19-20-32-26(10-7-21-34(31,32)5)12-13-27-22-30(16-11-24(27)3)40-33(36)39-29-17-14-28(15-18-29)35(37)38/h12-15,17-18,23,25,30-32H,3,6-11,16,19-22H2,1-2,4-5H3/b26-12+,27-13-/t25?,30-,31?,32-,34+/m0/s1. The van der Waals surface area contributed by atoms with Gasteiger partial charge >= 0.3 is 6.16 Å². The molecule has 40 heavy (non-hydrogen) atoms. The summed E-state index contributed by atoms with van der Waals surface area (Å²) in [7, 11) is 0. The first-order valence-electron chi connectivity index (χ1n) is 15.3. The molecular weight excluding hydrogens is 502 g/mol. The van der Waals surface area contributed by atoms with Gasteiger partial charge in [0, 0.05) is 18.6 Å². The van der Waals surface area contributed by atoms with Gasteiger partial charge in [-0.1, -0.05) is 76.8 Å². The van der Waals surface area contributed by atoms with Crippen molar-refractivity contribution in [2.45, 2.75) is 104 Å². The van der Waals surface area contributed by atoms with E-state index in [1.807, 2.05) is 0 Å². The maximum Gasteiger partial charge on any atom is 0.514 e. The number of benzene rings is 1. The number of allylic oxidation sites excluding steroid dienone is 4. The van der Waals surface area contributed by atoms with Crippen molar-refractivity contribution in [3.63, 3.8) is 0 Å². The Kier molecular flexibility index (Phi) is 9.91. The first-order chi connectivity index (χ1) is 19.1. The summed E-state index contributed by atoms with van der Waals surface area (Å²) >= 11 is 0. The number of ether oxygens (including phenoxy) is 2. The van der Waals surface area contributed by atoms with E-state index in [1.165, 1.54) is 75.6 Å². The number of fused-ring (bicyclic) bond motifs is 1. The normalized spacial score (nSPS) is 29.4. The van der Waals surface area contributed by atoms with Crippen LogP contribution >= 0.6 is 0 Å². The molecule has 0 heterocycles. The van der Waals surface area contributed by atoms with Gasteiger partial charge in [0.1, 0.15) is 11.9 Å². The number of hydrogen-bond acceptors (Lipinski definition) is 5. The second-order valence-electron chi connectivity index (χ2n) is 13.0. The maximum atomic E-state index is 12.4. The van der Waals surface area contributed by atoms with E-state index in [0.29, 0.717) is 24.2 Å². The number of rotatable bonds is 9. The average Bonchev–Trinajstić information content (AvgIpc) is 3.26. The average molecular weight is 550 g/mol. The minimum absolute atomic E-state index is 0.0574. The van der Waals surface area contributed by atoms with Gasteiger partial charge in [-0.15, -0.1) is 0 Å². The van der Waals surface area contributed by atoms with Crippen LogP contribution in [0.15, 0.2) is 59.7 Å². The minimum atomic E-state index is -0.786. The molecule has 0 spiro atoms. The number of nitrogens with zero attached hydrogens (tertiary/aromatic N) is 1. The summed E-state index contributed by atoms with van der Waals surface area (Å²) in [6, 6.07) is 5.41. The van der Waals surface area contributed by atoms with Crippen LogP contribution in [0.4, 0.5) is 10.5 Å². The van der Waals surface area contributed by atoms with Crippen molar-refractivity contribution in [3.8, 4) is 5.75 Å². The number of nitro benzene ring substituents is 1. The third kappa shape index (κ3) is 7.24. The molecule has 0 aliphatic heterocycles. The molecule has 0 saturated heterocycles. The molecule has 0 N–H and O–H groups in total. The molecule has 0 bridgehead atoms. The van der Waals surface area contributed by atoms with Crippen LogP contribution in [0.1, 0.15) is 98.3 Å². The molecule has 3 aliphatic carbocycles. The van der Waals surface area contributed by atoms with Gasteiger partial charge in [0.05, 0.1) is 4.92 Å². The number of carbonyl (C=O) groups is 1. The Bertz CT molecular complexity index is 1130. The maximum absolute atomic E-state index is 12.4. The lowest BCUT2D eigenvalue weighted by atomic mass is 9.60.